The van der Waals surface area contributed by atoms with Crippen LogP contribution >= 0.6 is 22.7 Å². The molecule has 0 aromatic carbocycles. The van der Waals surface area contributed by atoms with Crippen LogP contribution in [0.4, 0.5) is 0 Å². The van der Waals surface area contributed by atoms with Crippen molar-refractivity contribution >= 4 is 22.7 Å². The first-order valence-corrected chi connectivity index (χ1v) is 9.09. The van der Waals surface area contributed by atoms with Crippen molar-refractivity contribution in [2.75, 3.05) is 13.1 Å². The molecule has 0 radical (unpaired) electrons. The maximum atomic E-state index is 3.59. The molecule has 2 aromatic rings. The minimum atomic E-state index is 0.836. The van der Waals surface area contributed by atoms with Crippen molar-refractivity contribution < 1.29 is 0 Å². The van der Waals surface area contributed by atoms with E-state index in [1.165, 1.54) is 28.2 Å². The zero-order valence-corrected chi connectivity index (χ0v) is 13.6. The predicted octanol–water partition coefficient (Wildman–Crippen LogP) is 3.87. The SMILES string of the molecule is Cc1ccsc1CNCCN(Cc1cccs1)C1CC1. The lowest BCUT2D eigenvalue weighted by atomic mass is 10.3. The number of aryl methyl sites for hydroxylation is 1. The molecule has 0 saturated heterocycles. The fourth-order valence-corrected chi connectivity index (χ4v) is 4.05. The van der Waals surface area contributed by atoms with Crippen molar-refractivity contribution in [3.05, 3.63) is 44.3 Å². The Morgan fingerprint density at radius 1 is 1.25 bits per heavy atom. The number of nitrogens with zero attached hydrogens (tertiary/aromatic N) is 1. The van der Waals surface area contributed by atoms with Crippen LogP contribution in [0.15, 0.2) is 29.0 Å². The normalized spacial score (nSPS) is 15.1. The lowest BCUT2D eigenvalue weighted by molar-refractivity contribution is 0.256. The molecule has 0 unspecified atom stereocenters. The molecule has 4 heteroatoms. The Morgan fingerprint density at radius 3 is 2.80 bits per heavy atom. The highest BCUT2D eigenvalue weighted by molar-refractivity contribution is 7.10. The largest absolute Gasteiger partial charge is 0.311 e. The Hall–Kier alpha value is -0.680. The van der Waals surface area contributed by atoms with Gasteiger partial charge in [0.05, 0.1) is 0 Å². The van der Waals surface area contributed by atoms with Crippen molar-refractivity contribution in [1.82, 2.24) is 10.2 Å². The topological polar surface area (TPSA) is 15.3 Å². The average molecular weight is 307 g/mol. The van der Waals surface area contributed by atoms with E-state index < -0.39 is 0 Å². The van der Waals surface area contributed by atoms with Crippen molar-refractivity contribution in [2.45, 2.75) is 38.9 Å². The van der Waals surface area contributed by atoms with E-state index in [-0.39, 0.29) is 0 Å². The second-order valence-electron chi connectivity index (χ2n) is 5.48. The molecule has 1 N–H and O–H groups in total. The maximum absolute atomic E-state index is 3.59. The number of hydrogen-bond acceptors (Lipinski definition) is 4. The third-order valence-corrected chi connectivity index (χ3v) is 5.72. The van der Waals surface area contributed by atoms with Gasteiger partial charge < -0.3 is 5.32 Å². The van der Waals surface area contributed by atoms with Crippen LogP contribution < -0.4 is 5.32 Å². The van der Waals surface area contributed by atoms with Gasteiger partial charge in [-0.05, 0) is 48.2 Å². The van der Waals surface area contributed by atoms with Crippen LogP contribution in [0.25, 0.3) is 0 Å². The molecular formula is C16H22N2S2. The fourth-order valence-electron chi connectivity index (χ4n) is 2.44. The third kappa shape index (κ3) is 3.92. The van der Waals surface area contributed by atoms with Gasteiger partial charge in [0.2, 0.25) is 0 Å². The van der Waals surface area contributed by atoms with Crippen molar-refractivity contribution in [3.8, 4) is 0 Å². The quantitative estimate of drug-likeness (QED) is 0.745. The number of thiophene rings is 2. The van der Waals surface area contributed by atoms with Gasteiger partial charge in [0.25, 0.3) is 0 Å². The van der Waals surface area contributed by atoms with Gasteiger partial charge in [-0.25, -0.2) is 0 Å². The van der Waals surface area contributed by atoms with Gasteiger partial charge in [-0.3, -0.25) is 4.90 Å². The molecular weight excluding hydrogens is 284 g/mol. The van der Waals surface area contributed by atoms with Gasteiger partial charge in [-0.2, -0.15) is 0 Å². The average Bonchev–Trinajstić information content (AvgIpc) is 3.02. The smallest absolute Gasteiger partial charge is 0.0331 e. The van der Waals surface area contributed by atoms with Crippen molar-refractivity contribution in [1.29, 1.82) is 0 Å². The summed E-state index contributed by atoms with van der Waals surface area (Å²) >= 11 is 3.73. The van der Waals surface area contributed by atoms with E-state index in [0.29, 0.717) is 0 Å². The zero-order chi connectivity index (χ0) is 13.8. The Balaban J connectivity index is 1.42. The van der Waals surface area contributed by atoms with E-state index in [1.54, 1.807) is 0 Å². The molecule has 108 valence electrons. The molecule has 0 amide bonds. The molecule has 2 nitrogen and oxygen atoms in total. The molecule has 1 aliphatic carbocycles. The van der Waals surface area contributed by atoms with Crippen LogP contribution in [0.2, 0.25) is 0 Å². The van der Waals surface area contributed by atoms with Gasteiger partial charge >= 0.3 is 0 Å². The van der Waals surface area contributed by atoms with Crippen LogP contribution in [-0.2, 0) is 13.1 Å². The van der Waals surface area contributed by atoms with Gasteiger partial charge in [-0.1, -0.05) is 6.07 Å². The summed E-state index contributed by atoms with van der Waals surface area (Å²) in [5, 5.41) is 7.95. The van der Waals surface area contributed by atoms with Crippen molar-refractivity contribution in [3.63, 3.8) is 0 Å². The molecule has 1 saturated carbocycles. The van der Waals surface area contributed by atoms with E-state index in [0.717, 1.165) is 32.2 Å². The summed E-state index contributed by atoms with van der Waals surface area (Å²) in [6.07, 6.45) is 2.77. The highest BCUT2D eigenvalue weighted by Gasteiger charge is 2.28. The Kier molecular flexibility index (Phi) is 4.89. The van der Waals surface area contributed by atoms with Crippen LogP contribution in [0.5, 0.6) is 0 Å². The summed E-state index contributed by atoms with van der Waals surface area (Å²) < 4.78 is 0. The maximum Gasteiger partial charge on any atom is 0.0331 e. The zero-order valence-electron chi connectivity index (χ0n) is 12.0. The molecule has 0 spiro atoms. The van der Waals surface area contributed by atoms with Crippen LogP contribution in [0.3, 0.4) is 0 Å². The number of hydrogen-bond donors (Lipinski definition) is 1. The van der Waals surface area contributed by atoms with Gasteiger partial charge in [0.15, 0.2) is 0 Å². The first-order valence-electron chi connectivity index (χ1n) is 7.33. The summed E-state index contributed by atoms with van der Waals surface area (Å²) in [5.41, 5.74) is 1.42. The van der Waals surface area contributed by atoms with E-state index in [2.05, 4.69) is 46.1 Å². The summed E-state index contributed by atoms with van der Waals surface area (Å²) in [4.78, 5) is 5.60. The van der Waals surface area contributed by atoms with Crippen molar-refractivity contribution in [2.24, 2.45) is 0 Å². The molecule has 0 aliphatic heterocycles. The van der Waals surface area contributed by atoms with E-state index in [4.69, 9.17) is 0 Å². The minimum absolute atomic E-state index is 0.836. The van der Waals surface area contributed by atoms with E-state index in [9.17, 15) is 0 Å². The lowest BCUT2D eigenvalue weighted by Crippen LogP contribution is -2.33. The molecule has 0 atom stereocenters. The van der Waals surface area contributed by atoms with Gasteiger partial charge in [-0.15, -0.1) is 22.7 Å². The molecule has 2 heterocycles. The van der Waals surface area contributed by atoms with Crippen LogP contribution in [0, 0.1) is 6.92 Å². The number of nitrogens with one attached hydrogen (secondary N) is 1. The highest BCUT2D eigenvalue weighted by atomic mass is 32.1. The third-order valence-electron chi connectivity index (χ3n) is 3.83. The first kappa shape index (κ1) is 14.3. The van der Waals surface area contributed by atoms with Crippen LogP contribution in [0.1, 0.15) is 28.2 Å². The van der Waals surface area contributed by atoms with E-state index in [1.807, 2.05) is 22.7 Å². The van der Waals surface area contributed by atoms with E-state index >= 15 is 0 Å². The Bertz CT molecular complexity index is 514. The summed E-state index contributed by atoms with van der Waals surface area (Å²) in [5.74, 6) is 0. The van der Waals surface area contributed by atoms with Gasteiger partial charge in [0.1, 0.15) is 0 Å². The molecule has 20 heavy (non-hydrogen) atoms. The van der Waals surface area contributed by atoms with Gasteiger partial charge in [0, 0.05) is 42.0 Å². The standard InChI is InChI=1S/C16H22N2S2/c1-13-6-10-20-16(13)11-17-7-8-18(14-4-5-14)12-15-3-2-9-19-15/h2-3,6,9-10,14,17H,4-5,7-8,11-12H2,1H3. The summed E-state index contributed by atoms with van der Waals surface area (Å²) in [6, 6.07) is 7.45. The minimum Gasteiger partial charge on any atom is -0.311 e. The first-order chi connectivity index (χ1) is 9.83. The Morgan fingerprint density at radius 2 is 2.15 bits per heavy atom. The lowest BCUT2D eigenvalue weighted by Gasteiger charge is -2.21. The second kappa shape index (κ2) is 6.85. The molecule has 2 aromatic heterocycles. The van der Waals surface area contributed by atoms with Crippen LogP contribution in [-0.4, -0.2) is 24.0 Å². The Labute approximate surface area is 129 Å². The molecule has 1 fully saturated rings. The fraction of sp³-hybridized carbons (Fsp3) is 0.500. The second-order valence-corrected chi connectivity index (χ2v) is 7.52. The summed E-state index contributed by atoms with van der Waals surface area (Å²) in [7, 11) is 0. The highest BCUT2D eigenvalue weighted by Crippen LogP contribution is 2.28. The summed E-state index contributed by atoms with van der Waals surface area (Å²) in [6.45, 7) is 6.58. The molecule has 0 bridgehead atoms. The molecule has 1 aliphatic rings. The number of rotatable bonds is 8. The predicted molar refractivity (Wildman–Crippen MR) is 88.5 cm³/mol. The monoisotopic (exact) mass is 306 g/mol. The molecule has 3 rings (SSSR count).